The van der Waals surface area contributed by atoms with E-state index in [-0.39, 0.29) is 24.2 Å². The Morgan fingerprint density at radius 1 is 0.932 bits per heavy atom. The SMILES string of the molecule is CCOC(=O)c1c(NC(=O)CSc2cccc(NC(=O)c3ccc(OC)c(OC)c3)c2)sc2c1CCC(c1ccccc1)C2. The molecule has 4 aromatic rings. The molecule has 0 bridgehead atoms. The van der Waals surface area contributed by atoms with Gasteiger partial charge in [-0.1, -0.05) is 36.4 Å². The Labute approximate surface area is 265 Å². The molecule has 5 rings (SSSR count). The molecule has 0 saturated carbocycles. The first-order valence-corrected chi connectivity index (χ1v) is 16.1. The van der Waals surface area contributed by atoms with E-state index in [1.807, 2.05) is 24.3 Å². The van der Waals surface area contributed by atoms with Gasteiger partial charge in [-0.15, -0.1) is 23.1 Å². The van der Waals surface area contributed by atoms with Crippen LogP contribution in [0.4, 0.5) is 10.7 Å². The molecule has 0 aliphatic heterocycles. The molecule has 1 aliphatic rings. The molecule has 2 N–H and O–H groups in total. The second-order valence-electron chi connectivity index (χ2n) is 10.2. The number of carbonyl (C=O) groups is 3. The molecular weight excluding hydrogens is 597 g/mol. The lowest BCUT2D eigenvalue weighted by Gasteiger charge is -2.23. The number of ether oxygens (including phenoxy) is 3. The highest BCUT2D eigenvalue weighted by molar-refractivity contribution is 8.00. The number of carbonyl (C=O) groups excluding carboxylic acids is 3. The molecular formula is C34H34N2O6S2. The number of hydrogen-bond donors (Lipinski definition) is 2. The number of esters is 1. The summed E-state index contributed by atoms with van der Waals surface area (Å²) >= 11 is 2.81. The molecule has 0 spiro atoms. The molecule has 10 heteroatoms. The number of hydrogen-bond acceptors (Lipinski definition) is 8. The van der Waals surface area contributed by atoms with Gasteiger partial charge in [0.1, 0.15) is 5.00 Å². The Hall–Kier alpha value is -4.28. The molecule has 3 aromatic carbocycles. The monoisotopic (exact) mass is 630 g/mol. The molecule has 1 atom stereocenters. The number of thiophene rings is 1. The largest absolute Gasteiger partial charge is 0.493 e. The van der Waals surface area contributed by atoms with Crippen LogP contribution >= 0.6 is 23.1 Å². The number of thioether (sulfide) groups is 1. The smallest absolute Gasteiger partial charge is 0.341 e. The first kappa shape index (κ1) is 31.2. The summed E-state index contributed by atoms with van der Waals surface area (Å²) in [5.74, 6) is 0.579. The van der Waals surface area contributed by atoms with Gasteiger partial charge in [0.2, 0.25) is 5.91 Å². The summed E-state index contributed by atoms with van der Waals surface area (Å²) in [6.45, 7) is 2.04. The van der Waals surface area contributed by atoms with E-state index in [0.29, 0.717) is 39.2 Å². The number of nitrogens with one attached hydrogen (secondary N) is 2. The van der Waals surface area contributed by atoms with Gasteiger partial charge in [0.15, 0.2) is 11.5 Å². The molecule has 1 unspecified atom stereocenters. The maximum atomic E-state index is 13.1. The molecule has 1 heterocycles. The summed E-state index contributed by atoms with van der Waals surface area (Å²) in [4.78, 5) is 40.9. The molecule has 2 amide bonds. The average Bonchev–Trinajstić information content (AvgIpc) is 3.41. The lowest BCUT2D eigenvalue weighted by atomic mass is 9.83. The third-order valence-corrected chi connectivity index (χ3v) is 9.54. The molecule has 0 radical (unpaired) electrons. The van der Waals surface area contributed by atoms with E-state index in [1.165, 1.54) is 42.9 Å². The molecule has 228 valence electrons. The first-order chi connectivity index (χ1) is 21.4. The number of rotatable bonds is 11. The topological polar surface area (TPSA) is 103 Å². The Bertz CT molecular complexity index is 1650. The summed E-state index contributed by atoms with van der Waals surface area (Å²) in [6, 6.07) is 22.7. The van der Waals surface area contributed by atoms with Crippen molar-refractivity contribution in [3.63, 3.8) is 0 Å². The van der Waals surface area contributed by atoms with Gasteiger partial charge < -0.3 is 24.8 Å². The molecule has 1 aromatic heterocycles. The Balaban J connectivity index is 1.24. The van der Waals surface area contributed by atoms with Gasteiger partial charge in [0, 0.05) is 21.0 Å². The van der Waals surface area contributed by atoms with E-state index in [9.17, 15) is 14.4 Å². The highest BCUT2D eigenvalue weighted by atomic mass is 32.2. The van der Waals surface area contributed by atoms with E-state index in [4.69, 9.17) is 14.2 Å². The van der Waals surface area contributed by atoms with Crippen molar-refractivity contribution >= 4 is 51.6 Å². The van der Waals surface area contributed by atoms with Crippen molar-refractivity contribution in [1.82, 2.24) is 0 Å². The van der Waals surface area contributed by atoms with Gasteiger partial charge in [-0.05, 0) is 79.6 Å². The van der Waals surface area contributed by atoms with Crippen LogP contribution in [0.5, 0.6) is 11.5 Å². The van der Waals surface area contributed by atoms with E-state index in [0.717, 1.165) is 34.6 Å². The maximum Gasteiger partial charge on any atom is 0.341 e. The highest BCUT2D eigenvalue weighted by Gasteiger charge is 2.31. The minimum Gasteiger partial charge on any atom is -0.493 e. The zero-order chi connectivity index (χ0) is 31.1. The van der Waals surface area contributed by atoms with Crippen molar-refractivity contribution in [2.45, 2.75) is 37.0 Å². The predicted molar refractivity (Wildman–Crippen MR) is 175 cm³/mol. The summed E-state index contributed by atoms with van der Waals surface area (Å²) in [6.07, 6.45) is 2.51. The lowest BCUT2D eigenvalue weighted by Crippen LogP contribution is -2.18. The van der Waals surface area contributed by atoms with Crippen LogP contribution in [-0.4, -0.2) is 44.4 Å². The van der Waals surface area contributed by atoms with Crippen LogP contribution in [-0.2, 0) is 22.4 Å². The molecule has 8 nitrogen and oxygen atoms in total. The van der Waals surface area contributed by atoms with Crippen molar-refractivity contribution in [3.05, 3.63) is 99.9 Å². The minimum absolute atomic E-state index is 0.130. The average molecular weight is 631 g/mol. The summed E-state index contributed by atoms with van der Waals surface area (Å²) < 4.78 is 15.9. The fourth-order valence-electron chi connectivity index (χ4n) is 5.26. The fraction of sp³-hybridized carbons (Fsp3) is 0.265. The summed E-state index contributed by atoms with van der Waals surface area (Å²) in [5.41, 5.74) is 3.77. The highest BCUT2D eigenvalue weighted by Crippen LogP contribution is 2.43. The van der Waals surface area contributed by atoms with Crippen LogP contribution in [0.3, 0.4) is 0 Å². The fourth-order valence-corrected chi connectivity index (χ4v) is 7.35. The first-order valence-electron chi connectivity index (χ1n) is 14.3. The second kappa shape index (κ2) is 14.5. The zero-order valence-electron chi connectivity index (χ0n) is 24.8. The van der Waals surface area contributed by atoms with Crippen molar-refractivity contribution in [3.8, 4) is 11.5 Å². The minimum atomic E-state index is -0.399. The van der Waals surface area contributed by atoms with Gasteiger partial charge in [-0.25, -0.2) is 4.79 Å². The molecule has 1 aliphatic carbocycles. The predicted octanol–water partition coefficient (Wildman–Crippen LogP) is 7.20. The molecule has 0 saturated heterocycles. The molecule has 44 heavy (non-hydrogen) atoms. The van der Waals surface area contributed by atoms with E-state index < -0.39 is 5.97 Å². The Morgan fingerprint density at radius 2 is 1.73 bits per heavy atom. The van der Waals surface area contributed by atoms with Gasteiger partial charge in [0.05, 0.1) is 32.1 Å². The number of fused-ring (bicyclic) bond motifs is 1. The summed E-state index contributed by atoms with van der Waals surface area (Å²) in [7, 11) is 3.05. The van der Waals surface area contributed by atoms with Crippen molar-refractivity contribution in [1.29, 1.82) is 0 Å². The van der Waals surface area contributed by atoms with Crippen LogP contribution < -0.4 is 20.1 Å². The second-order valence-corrected chi connectivity index (χ2v) is 12.3. The normalized spacial score (nSPS) is 13.8. The van der Waals surface area contributed by atoms with E-state index in [1.54, 1.807) is 31.2 Å². The Kier molecular flexibility index (Phi) is 10.2. The van der Waals surface area contributed by atoms with Gasteiger partial charge in [-0.3, -0.25) is 9.59 Å². The summed E-state index contributed by atoms with van der Waals surface area (Å²) in [5, 5.41) is 6.42. The van der Waals surface area contributed by atoms with Gasteiger partial charge in [-0.2, -0.15) is 0 Å². The third-order valence-electron chi connectivity index (χ3n) is 7.38. The lowest BCUT2D eigenvalue weighted by molar-refractivity contribution is -0.113. The third kappa shape index (κ3) is 7.26. The van der Waals surface area contributed by atoms with E-state index in [2.05, 4.69) is 34.9 Å². The van der Waals surface area contributed by atoms with Crippen LogP contribution in [0.1, 0.15) is 56.0 Å². The van der Waals surface area contributed by atoms with Crippen LogP contribution in [0.15, 0.2) is 77.7 Å². The van der Waals surface area contributed by atoms with Crippen LogP contribution in [0.2, 0.25) is 0 Å². The molecule has 0 fully saturated rings. The van der Waals surface area contributed by atoms with Crippen molar-refractivity contribution < 1.29 is 28.6 Å². The maximum absolute atomic E-state index is 13.1. The number of amides is 2. The van der Waals surface area contributed by atoms with E-state index >= 15 is 0 Å². The number of benzene rings is 3. The van der Waals surface area contributed by atoms with Crippen LogP contribution in [0, 0.1) is 0 Å². The number of anilines is 2. The Morgan fingerprint density at radius 3 is 2.48 bits per heavy atom. The zero-order valence-corrected chi connectivity index (χ0v) is 26.4. The standard InChI is InChI=1S/C34H34N2O6S2/c1-4-42-34(39)31-26-15-13-22(21-9-6-5-7-10-21)18-29(26)44-33(31)36-30(37)20-43-25-12-8-11-24(19-25)35-32(38)23-14-16-27(40-2)28(17-23)41-3/h5-12,14,16-17,19,22H,4,13,15,18,20H2,1-3H3,(H,35,38)(H,36,37). The van der Waals surface area contributed by atoms with Crippen molar-refractivity contribution in [2.75, 3.05) is 37.2 Å². The quantitative estimate of drug-likeness (QED) is 0.134. The van der Waals surface area contributed by atoms with Gasteiger partial charge in [0.25, 0.3) is 5.91 Å². The number of methoxy groups -OCH3 is 2. The van der Waals surface area contributed by atoms with Crippen LogP contribution in [0.25, 0.3) is 0 Å². The van der Waals surface area contributed by atoms with Gasteiger partial charge >= 0.3 is 5.97 Å². The van der Waals surface area contributed by atoms with Crippen molar-refractivity contribution in [2.24, 2.45) is 0 Å².